The molecule has 0 radical (unpaired) electrons. The molecule has 96 valence electrons. The predicted molar refractivity (Wildman–Crippen MR) is 52.2 cm³/mol. The van der Waals surface area contributed by atoms with Crippen LogP contribution in [0.3, 0.4) is 0 Å². The zero-order valence-corrected chi connectivity index (χ0v) is 9.50. The standard InChI is InChI=1S/C9H17F2NO4/c1-9(2,3)16-8(14)12-6(4-13)5-15-7(10)11/h6-7,13H,4-5H2,1-3H3,(H,12,14)/t6-/m1/s1. The van der Waals surface area contributed by atoms with E-state index in [1.54, 1.807) is 20.8 Å². The molecule has 0 aromatic rings. The molecule has 0 aliphatic carbocycles. The Morgan fingerprint density at radius 2 is 2.00 bits per heavy atom. The van der Waals surface area contributed by atoms with E-state index in [1.807, 2.05) is 0 Å². The summed E-state index contributed by atoms with van der Waals surface area (Å²) in [5.74, 6) is 0. The second-order valence-electron chi connectivity index (χ2n) is 4.12. The molecule has 7 heteroatoms. The number of carbonyl (C=O) groups is 1. The fraction of sp³-hybridized carbons (Fsp3) is 0.889. The molecule has 5 nitrogen and oxygen atoms in total. The molecule has 0 unspecified atom stereocenters. The van der Waals surface area contributed by atoms with Crippen molar-refractivity contribution >= 4 is 6.09 Å². The summed E-state index contributed by atoms with van der Waals surface area (Å²) in [5.41, 5.74) is -0.687. The molecule has 2 N–H and O–H groups in total. The van der Waals surface area contributed by atoms with E-state index in [0.717, 1.165) is 0 Å². The summed E-state index contributed by atoms with van der Waals surface area (Å²) >= 11 is 0. The van der Waals surface area contributed by atoms with Crippen molar-refractivity contribution in [2.75, 3.05) is 13.2 Å². The first kappa shape index (κ1) is 15.0. The van der Waals surface area contributed by atoms with Crippen LogP contribution in [0.1, 0.15) is 20.8 Å². The fourth-order valence-corrected chi connectivity index (χ4v) is 0.803. The molecule has 0 aliphatic heterocycles. The number of carbonyl (C=O) groups excluding carboxylic acids is 1. The monoisotopic (exact) mass is 241 g/mol. The normalized spacial score (nSPS) is 13.7. The third-order valence-corrected chi connectivity index (χ3v) is 1.36. The highest BCUT2D eigenvalue weighted by Gasteiger charge is 2.19. The van der Waals surface area contributed by atoms with E-state index in [9.17, 15) is 13.6 Å². The highest BCUT2D eigenvalue weighted by molar-refractivity contribution is 5.68. The fourth-order valence-electron chi connectivity index (χ4n) is 0.803. The Morgan fingerprint density at radius 3 is 2.38 bits per heavy atom. The number of halogens is 2. The van der Waals surface area contributed by atoms with Crippen LogP contribution in [0.25, 0.3) is 0 Å². The largest absolute Gasteiger partial charge is 0.444 e. The van der Waals surface area contributed by atoms with Crippen molar-refractivity contribution < 1.29 is 28.2 Å². The number of hydrogen-bond donors (Lipinski definition) is 2. The van der Waals surface area contributed by atoms with E-state index in [-0.39, 0.29) is 0 Å². The lowest BCUT2D eigenvalue weighted by atomic mass is 10.2. The van der Waals surface area contributed by atoms with Crippen LogP contribution < -0.4 is 5.32 Å². The van der Waals surface area contributed by atoms with Crippen LogP contribution in [0.5, 0.6) is 0 Å². The number of aliphatic hydroxyl groups excluding tert-OH is 1. The van der Waals surface area contributed by atoms with Gasteiger partial charge in [0.1, 0.15) is 5.60 Å². The van der Waals surface area contributed by atoms with Crippen molar-refractivity contribution in [1.82, 2.24) is 5.32 Å². The Bertz CT molecular complexity index is 218. The summed E-state index contributed by atoms with van der Waals surface area (Å²) in [4.78, 5) is 11.2. The van der Waals surface area contributed by atoms with Gasteiger partial charge in [-0.05, 0) is 20.8 Å². The van der Waals surface area contributed by atoms with Crippen molar-refractivity contribution in [2.45, 2.75) is 39.0 Å². The van der Waals surface area contributed by atoms with Gasteiger partial charge in [0, 0.05) is 0 Å². The lowest BCUT2D eigenvalue weighted by Crippen LogP contribution is -2.43. The van der Waals surface area contributed by atoms with Gasteiger partial charge in [0.05, 0.1) is 19.3 Å². The molecule has 0 heterocycles. The summed E-state index contributed by atoms with van der Waals surface area (Å²) < 4.78 is 32.2. The number of aliphatic hydroxyl groups is 1. The second-order valence-corrected chi connectivity index (χ2v) is 4.12. The molecule has 0 aromatic heterocycles. The van der Waals surface area contributed by atoms with Crippen LogP contribution in [0.15, 0.2) is 0 Å². The number of ether oxygens (including phenoxy) is 2. The number of alkyl carbamates (subject to hydrolysis) is 1. The first-order chi connectivity index (χ1) is 7.24. The van der Waals surface area contributed by atoms with E-state index in [1.165, 1.54) is 0 Å². The van der Waals surface area contributed by atoms with E-state index in [4.69, 9.17) is 9.84 Å². The molecule has 0 saturated heterocycles. The Labute approximate surface area is 92.7 Å². The van der Waals surface area contributed by atoms with E-state index in [2.05, 4.69) is 10.1 Å². The highest BCUT2D eigenvalue weighted by Crippen LogP contribution is 2.07. The van der Waals surface area contributed by atoms with Crippen LogP contribution in [0, 0.1) is 0 Å². The van der Waals surface area contributed by atoms with Crippen LogP contribution in [0.2, 0.25) is 0 Å². The number of rotatable bonds is 5. The Balaban J connectivity index is 3.97. The van der Waals surface area contributed by atoms with E-state index in [0.29, 0.717) is 0 Å². The quantitative estimate of drug-likeness (QED) is 0.756. The van der Waals surface area contributed by atoms with Crippen LogP contribution in [-0.4, -0.2) is 42.7 Å². The van der Waals surface area contributed by atoms with E-state index < -0.39 is 37.6 Å². The number of alkyl halides is 2. The molecule has 1 amide bonds. The third-order valence-electron chi connectivity index (χ3n) is 1.36. The number of nitrogens with one attached hydrogen (secondary N) is 1. The molecular weight excluding hydrogens is 224 g/mol. The molecule has 16 heavy (non-hydrogen) atoms. The van der Waals surface area contributed by atoms with Gasteiger partial charge in [0.2, 0.25) is 0 Å². The maximum Gasteiger partial charge on any atom is 0.408 e. The smallest absolute Gasteiger partial charge is 0.408 e. The second kappa shape index (κ2) is 6.59. The molecule has 0 fully saturated rings. The zero-order chi connectivity index (χ0) is 12.8. The Morgan fingerprint density at radius 1 is 1.44 bits per heavy atom. The molecule has 0 aliphatic rings. The third kappa shape index (κ3) is 8.37. The van der Waals surface area contributed by atoms with Crippen LogP contribution in [-0.2, 0) is 9.47 Å². The van der Waals surface area contributed by atoms with Crippen molar-refractivity contribution in [3.63, 3.8) is 0 Å². The first-order valence-electron chi connectivity index (χ1n) is 4.74. The number of amides is 1. The van der Waals surface area contributed by atoms with E-state index >= 15 is 0 Å². The minimum atomic E-state index is -2.94. The lowest BCUT2D eigenvalue weighted by Gasteiger charge is -2.22. The summed E-state index contributed by atoms with van der Waals surface area (Å²) in [7, 11) is 0. The summed E-state index contributed by atoms with van der Waals surface area (Å²) in [6, 6.07) is -0.913. The average molecular weight is 241 g/mol. The minimum absolute atomic E-state index is 0.479. The topological polar surface area (TPSA) is 67.8 Å². The van der Waals surface area contributed by atoms with Gasteiger partial charge in [0.15, 0.2) is 0 Å². The van der Waals surface area contributed by atoms with Crippen LogP contribution >= 0.6 is 0 Å². The van der Waals surface area contributed by atoms with Gasteiger partial charge in [-0.1, -0.05) is 0 Å². The van der Waals surface area contributed by atoms with Crippen molar-refractivity contribution in [3.8, 4) is 0 Å². The first-order valence-corrected chi connectivity index (χ1v) is 4.74. The van der Waals surface area contributed by atoms with Gasteiger partial charge in [-0.15, -0.1) is 0 Å². The SMILES string of the molecule is CC(C)(C)OC(=O)N[C@H](CO)COC(F)F. The molecule has 0 bridgehead atoms. The van der Waals surface area contributed by atoms with Gasteiger partial charge in [-0.25, -0.2) is 4.79 Å². The molecule has 0 saturated carbocycles. The summed E-state index contributed by atoms with van der Waals surface area (Å²) in [6.07, 6.45) is -0.788. The van der Waals surface area contributed by atoms with Gasteiger partial charge >= 0.3 is 12.7 Å². The van der Waals surface area contributed by atoms with Gasteiger partial charge < -0.3 is 19.9 Å². The van der Waals surface area contributed by atoms with Crippen molar-refractivity contribution in [1.29, 1.82) is 0 Å². The summed E-state index contributed by atoms with van der Waals surface area (Å²) in [5, 5.41) is 11.0. The average Bonchev–Trinajstić information content (AvgIpc) is 2.08. The molecule has 0 aromatic carbocycles. The maximum absolute atomic E-state index is 11.7. The predicted octanol–water partition coefficient (Wildman–Crippen LogP) is 1.11. The van der Waals surface area contributed by atoms with Gasteiger partial charge in [-0.3, -0.25) is 0 Å². The molecule has 0 spiro atoms. The van der Waals surface area contributed by atoms with Crippen molar-refractivity contribution in [3.05, 3.63) is 0 Å². The van der Waals surface area contributed by atoms with Crippen molar-refractivity contribution in [2.24, 2.45) is 0 Å². The minimum Gasteiger partial charge on any atom is -0.444 e. The van der Waals surface area contributed by atoms with Gasteiger partial charge in [0.25, 0.3) is 0 Å². The molecule has 0 rings (SSSR count). The molecule has 1 atom stereocenters. The zero-order valence-electron chi connectivity index (χ0n) is 9.50. The van der Waals surface area contributed by atoms with Crippen LogP contribution in [0.4, 0.5) is 13.6 Å². The maximum atomic E-state index is 11.7. The molecular formula is C9H17F2NO4. The Hall–Kier alpha value is -0.950. The number of hydrogen-bond acceptors (Lipinski definition) is 4. The van der Waals surface area contributed by atoms with Gasteiger partial charge in [-0.2, -0.15) is 8.78 Å². The lowest BCUT2D eigenvalue weighted by molar-refractivity contribution is -0.135. The summed E-state index contributed by atoms with van der Waals surface area (Å²) in [6.45, 7) is 1.07. The Kier molecular flexibility index (Phi) is 6.20. The highest BCUT2D eigenvalue weighted by atomic mass is 19.3.